The molecule has 1 rings (SSSR count). The monoisotopic (exact) mass is 152 g/mol. The van der Waals surface area contributed by atoms with Crippen LogP contribution in [0.5, 0.6) is 0 Å². The second kappa shape index (κ2) is 2.88. The fourth-order valence-corrected chi connectivity index (χ4v) is 1.16. The maximum atomic E-state index is 5.09. The summed E-state index contributed by atoms with van der Waals surface area (Å²) in [5.41, 5.74) is 1.11. The summed E-state index contributed by atoms with van der Waals surface area (Å²) in [6.07, 6.45) is 0. The third-order valence-electron chi connectivity index (χ3n) is 1.35. The van der Waals surface area contributed by atoms with Crippen molar-refractivity contribution in [2.24, 2.45) is 0 Å². The predicted molar refractivity (Wildman–Crippen MR) is 46.6 cm³/mol. The molecule has 1 nitrogen and oxygen atoms in total. The summed E-state index contributed by atoms with van der Waals surface area (Å²) >= 11 is 5.09. The molecule has 0 N–H and O–H groups in total. The molecule has 0 aliphatic heterocycles. The Kier molecular flexibility index (Phi) is 2.12. The van der Waals surface area contributed by atoms with Gasteiger partial charge in [-0.1, -0.05) is 24.8 Å². The third kappa shape index (κ3) is 1.39. The Labute approximate surface area is 67.1 Å². The van der Waals surface area contributed by atoms with Gasteiger partial charge in [0.1, 0.15) is 0 Å². The van der Waals surface area contributed by atoms with Gasteiger partial charge in [0.05, 0.1) is 10.6 Å². The standard InChI is InChI=1S/C8H10NS/c1-9(2)7-5-3-4-6-8(7)10/h3-6H,1-2H3. The van der Waals surface area contributed by atoms with Crippen LogP contribution in [-0.4, -0.2) is 14.1 Å². The van der Waals surface area contributed by atoms with E-state index in [0.29, 0.717) is 0 Å². The van der Waals surface area contributed by atoms with Gasteiger partial charge in [-0.15, -0.1) is 0 Å². The van der Waals surface area contributed by atoms with Crippen LogP contribution >= 0.6 is 12.6 Å². The first-order valence-corrected chi connectivity index (χ1v) is 3.56. The average Bonchev–Trinajstić information content (AvgIpc) is 1.88. The summed E-state index contributed by atoms with van der Waals surface area (Å²) in [5.74, 6) is 0. The molecule has 1 aromatic carbocycles. The Morgan fingerprint density at radius 3 is 2.20 bits per heavy atom. The number of para-hydroxylation sites is 1. The zero-order chi connectivity index (χ0) is 7.56. The van der Waals surface area contributed by atoms with Crippen molar-refractivity contribution in [1.82, 2.24) is 0 Å². The highest BCUT2D eigenvalue weighted by Crippen LogP contribution is 2.20. The van der Waals surface area contributed by atoms with Gasteiger partial charge in [-0.3, -0.25) is 0 Å². The molecule has 0 unspecified atom stereocenters. The second-order valence-electron chi connectivity index (χ2n) is 2.36. The molecule has 0 aliphatic rings. The van der Waals surface area contributed by atoms with E-state index in [1.165, 1.54) is 0 Å². The van der Waals surface area contributed by atoms with Gasteiger partial charge in [-0.25, -0.2) is 0 Å². The van der Waals surface area contributed by atoms with Gasteiger partial charge in [0.15, 0.2) is 0 Å². The summed E-state index contributed by atoms with van der Waals surface area (Å²) in [6, 6.07) is 7.90. The van der Waals surface area contributed by atoms with Crippen molar-refractivity contribution in [2.75, 3.05) is 19.0 Å². The predicted octanol–water partition coefficient (Wildman–Crippen LogP) is 2.31. The van der Waals surface area contributed by atoms with Gasteiger partial charge in [0, 0.05) is 14.1 Å². The van der Waals surface area contributed by atoms with E-state index in [2.05, 4.69) is 0 Å². The van der Waals surface area contributed by atoms with Crippen LogP contribution in [0.15, 0.2) is 29.2 Å². The van der Waals surface area contributed by atoms with Crippen molar-refractivity contribution >= 4 is 18.3 Å². The lowest BCUT2D eigenvalue weighted by molar-refractivity contribution is 1.10. The van der Waals surface area contributed by atoms with Crippen LogP contribution in [0.3, 0.4) is 0 Å². The topological polar surface area (TPSA) is 3.24 Å². The van der Waals surface area contributed by atoms with E-state index in [4.69, 9.17) is 12.6 Å². The number of anilines is 1. The average molecular weight is 152 g/mol. The Balaban J connectivity index is 3.03. The Bertz CT molecular complexity index is 220. The fraction of sp³-hybridized carbons (Fsp3) is 0.250. The van der Waals surface area contributed by atoms with E-state index < -0.39 is 0 Å². The molecule has 0 atom stereocenters. The summed E-state index contributed by atoms with van der Waals surface area (Å²) < 4.78 is 0. The van der Waals surface area contributed by atoms with Crippen LogP contribution in [0.25, 0.3) is 0 Å². The molecule has 0 heterocycles. The molecular weight excluding hydrogens is 142 g/mol. The molecule has 0 saturated heterocycles. The van der Waals surface area contributed by atoms with E-state index in [9.17, 15) is 0 Å². The molecule has 1 radical (unpaired) electrons. The minimum Gasteiger partial charge on any atom is -0.376 e. The van der Waals surface area contributed by atoms with Crippen molar-refractivity contribution < 1.29 is 0 Å². The minimum absolute atomic E-state index is 0.910. The summed E-state index contributed by atoms with van der Waals surface area (Å²) in [6.45, 7) is 0. The quantitative estimate of drug-likeness (QED) is 0.597. The maximum Gasteiger partial charge on any atom is 0.0610 e. The minimum atomic E-state index is 0.910. The first kappa shape index (κ1) is 7.35. The molecule has 2 heteroatoms. The highest BCUT2D eigenvalue weighted by molar-refractivity contribution is 7.80. The van der Waals surface area contributed by atoms with Gasteiger partial charge in [-0.05, 0) is 12.1 Å². The van der Waals surface area contributed by atoms with Gasteiger partial charge in [0.2, 0.25) is 0 Å². The van der Waals surface area contributed by atoms with E-state index >= 15 is 0 Å². The molecule has 53 valence electrons. The number of benzene rings is 1. The number of rotatable bonds is 1. The normalized spacial score (nSPS) is 9.40. The van der Waals surface area contributed by atoms with E-state index in [0.717, 1.165) is 10.6 Å². The van der Waals surface area contributed by atoms with Crippen LogP contribution < -0.4 is 4.90 Å². The summed E-state index contributed by atoms with van der Waals surface area (Å²) in [5, 5.41) is 0. The third-order valence-corrected chi connectivity index (χ3v) is 1.69. The van der Waals surface area contributed by atoms with Crippen LogP contribution in [0.4, 0.5) is 5.69 Å². The number of nitrogens with zero attached hydrogens (tertiary/aromatic N) is 1. The number of hydrogen-bond acceptors (Lipinski definition) is 1. The lowest BCUT2D eigenvalue weighted by Gasteiger charge is -2.13. The first-order chi connectivity index (χ1) is 4.72. The van der Waals surface area contributed by atoms with Crippen molar-refractivity contribution in [3.05, 3.63) is 24.3 Å². The molecule has 0 saturated carbocycles. The molecule has 10 heavy (non-hydrogen) atoms. The van der Waals surface area contributed by atoms with Gasteiger partial charge >= 0.3 is 0 Å². The van der Waals surface area contributed by atoms with Crippen molar-refractivity contribution in [3.8, 4) is 0 Å². The molecule has 1 aromatic rings. The smallest absolute Gasteiger partial charge is 0.0610 e. The largest absolute Gasteiger partial charge is 0.376 e. The van der Waals surface area contributed by atoms with E-state index in [1.807, 2.05) is 43.3 Å². The molecule has 0 fully saturated rings. The number of hydrogen-bond donors (Lipinski definition) is 0. The molecule has 0 aromatic heterocycles. The van der Waals surface area contributed by atoms with Crippen LogP contribution in [0.2, 0.25) is 0 Å². The zero-order valence-corrected chi connectivity index (χ0v) is 6.98. The molecule has 0 amide bonds. The second-order valence-corrected chi connectivity index (χ2v) is 2.80. The molecular formula is C8H10NS. The van der Waals surface area contributed by atoms with Crippen molar-refractivity contribution in [2.45, 2.75) is 4.90 Å². The Morgan fingerprint density at radius 2 is 1.80 bits per heavy atom. The highest BCUT2D eigenvalue weighted by atomic mass is 32.1. The summed E-state index contributed by atoms with van der Waals surface area (Å²) in [7, 11) is 3.98. The van der Waals surface area contributed by atoms with Gasteiger partial charge < -0.3 is 4.90 Å². The van der Waals surface area contributed by atoms with Gasteiger partial charge in [-0.2, -0.15) is 0 Å². The van der Waals surface area contributed by atoms with Crippen LogP contribution in [0, 0.1) is 0 Å². The lowest BCUT2D eigenvalue weighted by Crippen LogP contribution is -2.08. The van der Waals surface area contributed by atoms with E-state index in [1.54, 1.807) is 0 Å². The molecule has 0 bridgehead atoms. The Morgan fingerprint density at radius 1 is 1.20 bits per heavy atom. The molecule has 0 aliphatic carbocycles. The SMILES string of the molecule is CN(C)c1ccccc1[S]. The highest BCUT2D eigenvalue weighted by Gasteiger charge is 1.97. The van der Waals surface area contributed by atoms with Crippen LogP contribution in [-0.2, 0) is 0 Å². The van der Waals surface area contributed by atoms with Gasteiger partial charge in [0.25, 0.3) is 0 Å². The van der Waals surface area contributed by atoms with Crippen molar-refractivity contribution in [3.63, 3.8) is 0 Å². The maximum absolute atomic E-state index is 5.09. The summed E-state index contributed by atoms with van der Waals surface area (Å²) in [4.78, 5) is 2.93. The molecule has 0 spiro atoms. The first-order valence-electron chi connectivity index (χ1n) is 3.15. The van der Waals surface area contributed by atoms with Crippen LogP contribution in [0.1, 0.15) is 0 Å². The van der Waals surface area contributed by atoms with E-state index in [-0.39, 0.29) is 0 Å². The lowest BCUT2D eigenvalue weighted by atomic mass is 10.3. The fourth-order valence-electron chi connectivity index (χ4n) is 0.827. The zero-order valence-electron chi connectivity index (χ0n) is 6.16. The Hall–Kier alpha value is -0.760. The van der Waals surface area contributed by atoms with Crippen molar-refractivity contribution in [1.29, 1.82) is 0 Å².